The smallest absolute Gasteiger partial charge is 0.311 e. The van der Waals surface area contributed by atoms with Gasteiger partial charge in [0.05, 0.1) is 12.5 Å². The van der Waals surface area contributed by atoms with Crippen LogP contribution in [-0.4, -0.2) is 38.8 Å². The lowest BCUT2D eigenvalue weighted by molar-refractivity contribution is -0.147. The summed E-state index contributed by atoms with van der Waals surface area (Å²) in [5.74, 6) is -0.119. The molecule has 0 saturated carbocycles. The molecule has 1 aliphatic heterocycles. The highest BCUT2D eigenvalue weighted by Gasteiger charge is 2.20. The Morgan fingerprint density at radius 2 is 2.00 bits per heavy atom. The predicted molar refractivity (Wildman–Crippen MR) is 45.9 cm³/mol. The van der Waals surface area contributed by atoms with Crippen LogP contribution in [0.1, 0.15) is 6.92 Å². The summed E-state index contributed by atoms with van der Waals surface area (Å²) in [7, 11) is 0. The van der Waals surface area contributed by atoms with Gasteiger partial charge in [-0.3, -0.25) is 4.79 Å². The molecule has 1 saturated heterocycles. The molecular formula is C8H16N2O2. The van der Waals surface area contributed by atoms with Crippen LogP contribution >= 0.6 is 0 Å². The van der Waals surface area contributed by atoms with Gasteiger partial charge in [-0.1, -0.05) is 0 Å². The van der Waals surface area contributed by atoms with Crippen LogP contribution in [0.2, 0.25) is 0 Å². The van der Waals surface area contributed by atoms with Gasteiger partial charge in [-0.2, -0.15) is 0 Å². The lowest BCUT2D eigenvalue weighted by atomic mass is 10.1. The van der Waals surface area contributed by atoms with Gasteiger partial charge in [-0.15, -0.1) is 0 Å². The minimum atomic E-state index is -0.0978. The number of carbonyl (C=O) groups excluding carboxylic acids is 1. The number of esters is 1. The fourth-order valence-corrected chi connectivity index (χ4v) is 1.23. The molecule has 0 aromatic rings. The van der Waals surface area contributed by atoms with Crippen molar-refractivity contribution in [2.45, 2.75) is 6.92 Å². The van der Waals surface area contributed by atoms with Crippen molar-refractivity contribution in [3.8, 4) is 0 Å². The van der Waals surface area contributed by atoms with Crippen molar-refractivity contribution in [2.24, 2.45) is 5.92 Å². The summed E-state index contributed by atoms with van der Waals surface area (Å²) in [6, 6.07) is 0. The van der Waals surface area contributed by atoms with Gasteiger partial charge in [0.25, 0.3) is 0 Å². The SMILES string of the molecule is CCOC(=O)C1CNCCNC1. The van der Waals surface area contributed by atoms with Gasteiger partial charge >= 0.3 is 5.97 Å². The van der Waals surface area contributed by atoms with Crippen LogP contribution in [0.5, 0.6) is 0 Å². The summed E-state index contributed by atoms with van der Waals surface area (Å²) >= 11 is 0. The van der Waals surface area contributed by atoms with E-state index in [4.69, 9.17) is 4.74 Å². The van der Waals surface area contributed by atoms with E-state index in [1.165, 1.54) is 0 Å². The summed E-state index contributed by atoms with van der Waals surface area (Å²) in [5, 5.41) is 6.35. The van der Waals surface area contributed by atoms with Crippen molar-refractivity contribution < 1.29 is 9.53 Å². The number of carbonyl (C=O) groups is 1. The maximum absolute atomic E-state index is 11.2. The molecule has 1 heterocycles. The summed E-state index contributed by atoms with van der Waals surface area (Å²) in [6.45, 7) is 5.61. The Morgan fingerprint density at radius 1 is 1.42 bits per heavy atom. The van der Waals surface area contributed by atoms with E-state index < -0.39 is 0 Å². The standard InChI is InChI=1S/C8H16N2O2/c1-2-12-8(11)7-5-9-3-4-10-6-7/h7,9-10H,2-6H2,1H3. The number of ether oxygens (including phenoxy) is 1. The Labute approximate surface area is 72.7 Å². The van der Waals surface area contributed by atoms with Gasteiger partial charge < -0.3 is 15.4 Å². The topological polar surface area (TPSA) is 50.4 Å². The fraction of sp³-hybridized carbons (Fsp3) is 0.875. The molecule has 2 N–H and O–H groups in total. The summed E-state index contributed by atoms with van der Waals surface area (Å²) in [6.07, 6.45) is 0. The van der Waals surface area contributed by atoms with E-state index in [9.17, 15) is 4.79 Å². The second-order valence-corrected chi connectivity index (χ2v) is 2.86. The Bertz CT molecular complexity index is 142. The molecular weight excluding hydrogens is 156 g/mol. The molecule has 0 atom stereocenters. The van der Waals surface area contributed by atoms with Crippen molar-refractivity contribution in [2.75, 3.05) is 32.8 Å². The average Bonchev–Trinajstić information content (AvgIpc) is 2.32. The molecule has 0 radical (unpaired) electrons. The van der Waals surface area contributed by atoms with Crippen LogP contribution < -0.4 is 10.6 Å². The molecule has 1 rings (SSSR count). The number of rotatable bonds is 2. The molecule has 0 spiro atoms. The van der Waals surface area contributed by atoms with Crippen molar-refractivity contribution in [1.29, 1.82) is 0 Å². The summed E-state index contributed by atoms with van der Waals surface area (Å²) < 4.78 is 4.92. The van der Waals surface area contributed by atoms with E-state index >= 15 is 0 Å². The fourth-order valence-electron chi connectivity index (χ4n) is 1.23. The molecule has 0 bridgehead atoms. The van der Waals surface area contributed by atoms with E-state index in [1.54, 1.807) is 0 Å². The van der Waals surface area contributed by atoms with Crippen molar-refractivity contribution in [3.05, 3.63) is 0 Å². The largest absolute Gasteiger partial charge is 0.466 e. The molecule has 1 fully saturated rings. The van der Waals surface area contributed by atoms with Crippen molar-refractivity contribution >= 4 is 5.97 Å². The molecule has 0 amide bonds. The molecule has 0 aromatic heterocycles. The number of hydrogen-bond donors (Lipinski definition) is 2. The molecule has 4 nitrogen and oxygen atoms in total. The Hall–Kier alpha value is -0.610. The maximum atomic E-state index is 11.2. The molecule has 70 valence electrons. The molecule has 12 heavy (non-hydrogen) atoms. The zero-order chi connectivity index (χ0) is 8.81. The maximum Gasteiger partial charge on any atom is 0.311 e. The van der Waals surface area contributed by atoms with Gasteiger partial charge in [0.2, 0.25) is 0 Å². The Balaban J connectivity index is 2.32. The van der Waals surface area contributed by atoms with E-state index in [2.05, 4.69) is 10.6 Å². The normalized spacial score (nSPS) is 20.1. The highest BCUT2D eigenvalue weighted by atomic mass is 16.5. The third-order valence-corrected chi connectivity index (χ3v) is 1.88. The molecule has 0 unspecified atom stereocenters. The van der Waals surface area contributed by atoms with Gasteiger partial charge in [0, 0.05) is 26.2 Å². The zero-order valence-electron chi connectivity index (χ0n) is 7.43. The van der Waals surface area contributed by atoms with Gasteiger partial charge in [0.1, 0.15) is 0 Å². The number of hydrogen-bond acceptors (Lipinski definition) is 4. The van der Waals surface area contributed by atoms with Crippen molar-refractivity contribution in [3.63, 3.8) is 0 Å². The first-order chi connectivity index (χ1) is 5.84. The predicted octanol–water partition coefficient (Wildman–Crippen LogP) is -0.641. The monoisotopic (exact) mass is 172 g/mol. The Kier molecular flexibility index (Phi) is 4.04. The first kappa shape index (κ1) is 9.48. The van der Waals surface area contributed by atoms with Gasteiger partial charge in [-0.05, 0) is 6.92 Å². The van der Waals surface area contributed by atoms with Crippen LogP contribution in [-0.2, 0) is 9.53 Å². The second-order valence-electron chi connectivity index (χ2n) is 2.86. The molecule has 4 heteroatoms. The number of nitrogens with one attached hydrogen (secondary N) is 2. The second kappa shape index (κ2) is 5.11. The van der Waals surface area contributed by atoms with Crippen LogP contribution in [0.4, 0.5) is 0 Å². The van der Waals surface area contributed by atoms with Crippen molar-refractivity contribution in [1.82, 2.24) is 10.6 Å². The van der Waals surface area contributed by atoms with Gasteiger partial charge in [-0.25, -0.2) is 0 Å². The third kappa shape index (κ3) is 2.79. The highest BCUT2D eigenvalue weighted by molar-refractivity contribution is 5.73. The van der Waals surface area contributed by atoms with Crippen LogP contribution in [0.15, 0.2) is 0 Å². The molecule has 0 aromatic carbocycles. The van der Waals surface area contributed by atoms with E-state index in [-0.39, 0.29) is 11.9 Å². The first-order valence-corrected chi connectivity index (χ1v) is 4.42. The lowest BCUT2D eigenvalue weighted by Crippen LogP contribution is -2.32. The lowest BCUT2D eigenvalue weighted by Gasteiger charge is -2.11. The molecule has 0 aliphatic carbocycles. The van der Waals surface area contributed by atoms with Crippen LogP contribution in [0.3, 0.4) is 0 Å². The minimum Gasteiger partial charge on any atom is -0.466 e. The average molecular weight is 172 g/mol. The summed E-state index contributed by atoms with van der Waals surface area (Å²) in [4.78, 5) is 11.2. The first-order valence-electron chi connectivity index (χ1n) is 4.42. The van der Waals surface area contributed by atoms with Gasteiger partial charge in [0.15, 0.2) is 0 Å². The van der Waals surface area contributed by atoms with E-state index in [0.717, 1.165) is 26.2 Å². The van der Waals surface area contributed by atoms with Crippen LogP contribution in [0, 0.1) is 5.92 Å². The van der Waals surface area contributed by atoms with E-state index in [1.807, 2.05) is 6.92 Å². The molecule has 1 aliphatic rings. The third-order valence-electron chi connectivity index (χ3n) is 1.88. The zero-order valence-corrected chi connectivity index (χ0v) is 7.43. The van der Waals surface area contributed by atoms with E-state index in [0.29, 0.717) is 6.61 Å². The summed E-state index contributed by atoms with van der Waals surface area (Å²) in [5.41, 5.74) is 0. The Morgan fingerprint density at radius 3 is 2.50 bits per heavy atom. The highest BCUT2D eigenvalue weighted by Crippen LogP contribution is 1.98. The minimum absolute atomic E-state index is 0.0209. The quantitative estimate of drug-likeness (QED) is 0.544. The van der Waals surface area contributed by atoms with Crippen LogP contribution in [0.25, 0.3) is 0 Å².